The summed E-state index contributed by atoms with van der Waals surface area (Å²) in [5, 5.41) is 13.7. The number of hydrogen-bond acceptors (Lipinski definition) is 2. The minimum atomic E-state index is 0.0173. The van der Waals surface area contributed by atoms with E-state index in [1.807, 2.05) is 42.5 Å². The second-order valence-electron chi connectivity index (χ2n) is 4.98. The van der Waals surface area contributed by atoms with Gasteiger partial charge in [-0.15, -0.1) is 0 Å². The summed E-state index contributed by atoms with van der Waals surface area (Å²) < 4.78 is 0. The molecular formula is C17H20ClNO. The second-order valence-corrected chi connectivity index (χ2v) is 5.39. The number of nitrogens with one attached hydrogen (secondary N) is 1. The van der Waals surface area contributed by atoms with Crippen LogP contribution in [-0.4, -0.2) is 17.8 Å². The summed E-state index contributed by atoms with van der Waals surface area (Å²) in [6.45, 7) is 2.17. The minimum Gasteiger partial charge on any atom is -0.395 e. The summed E-state index contributed by atoms with van der Waals surface area (Å²) >= 11 is 6.20. The molecule has 0 fully saturated rings. The summed E-state index contributed by atoms with van der Waals surface area (Å²) in [5.41, 5.74) is 2.27. The van der Waals surface area contributed by atoms with Gasteiger partial charge in [0.25, 0.3) is 0 Å². The Balaban J connectivity index is 2.01. The molecule has 0 spiro atoms. The van der Waals surface area contributed by atoms with Gasteiger partial charge in [-0.05, 0) is 30.5 Å². The summed E-state index contributed by atoms with van der Waals surface area (Å²) in [4.78, 5) is 0. The smallest absolute Gasteiger partial charge is 0.0588 e. The molecule has 0 saturated heterocycles. The zero-order valence-electron chi connectivity index (χ0n) is 11.6. The van der Waals surface area contributed by atoms with E-state index < -0.39 is 0 Å². The molecule has 0 bridgehead atoms. The van der Waals surface area contributed by atoms with Crippen molar-refractivity contribution >= 4 is 11.6 Å². The van der Waals surface area contributed by atoms with Crippen molar-refractivity contribution in [2.45, 2.75) is 25.4 Å². The lowest BCUT2D eigenvalue weighted by molar-refractivity contribution is 0.232. The van der Waals surface area contributed by atoms with E-state index in [9.17, 15) is 5.11 Å². The average molecular weight is 290 g/mol. The van der Waals surface area contributed by atoms with E-state index in [-0.39, 0.29) is 18.7 Å². The van der Waals surface area contributed by atoms with Crippen molar-refractivity contribution in [2.24, 2.45) is 0 Å². The monoisotopic (exact) mass is 289 g/mol. The van der Waals surface area contributed by atoms with Crippen LogP contribution >= 0.6 is 11.6 Å². The normalized spacial score (nSPS) is 13.9. The maximum atomic E-state index is 9.56. The van der Waals surface area contributed by atoms with Crippen LogP contribution in [0.3, 0.4) is 0 Å². The summed E-state index contributed by atoms with van der Waals surface area (Å²) in [7, 11) is 0. The van der Waals surface area contributed by atoms with Gasteiger partial charge >= 0.3 is 0 Å². The number of hydrogen-bond donors (Lipinski definition) is 2. The summed E-state index contributed by atoms with van der Waals surface area (Å²) in [6, 6.07) is 18.1. The highest BCUT2D eigenvalue weighted by Crippen LogP contribution is 2.22. The van der Waals surface area contributed by atoms with Gasteiger partial charge in [0.05, 0.1) is 6.61 Å². The Bertz CT molecular complexity index is 530. The molecule has 0 amide bonds. The SMILES string of the molecule is CC(N[C@@H](CO)Cc1ccccc1)c1ccccc1Cl. The molecule has 0 radical (unpaired) electrons. The predicted molar refractivity (Wildman–Crippen MR) is 84.0 cm³/mol. The standard InChI is InChI=1S/C17H20ClNO/c1-13(16-9-5-6-10-17(16)18)19-15(12-20)11-14-7-3-2-4-8-14/h2-10,13,15,19-20H,11-12H2,1H3/t13?,15-/m1/s1. The van der Waals surface area contributed by atoms with Gasteiger partial charge in [0.1, 0.15) is 0 Å². The van der Waals surface area contributed by atoms with Crippen LogP contribution in [0, 0.1) is 0 Å². The summed E-state index contributed by atoms with van der Waals surface area (Å²) in [5.74, 6) is 0. The molecule has 2 rings (SSSR count). The Morgan fingerprint density at radius 3 is 2.35 bits per heavy atom. The molecule has 20 heavy (non-hydrogen) atoms. The number of benzene rings is 2. The highest BCUT2D eigenvalue weighted by molar-refractivity contribution is 6.31. The molecule has 2 N–H and O–H groups in total. The van der Waals surface area contributed by atoms with Crippen LogP contribution in [0.5, 0.6) is 0 Å². The Morgan fingerprint density at radius 1 is 1.05 bits per heavy atom. The lowest BCUT2D eigenvalue weighted by Crippen LogP contribution is -2.36. The lowest BCUT2D eigenvalue weighted by Gasteiger charge is -2.23. The van der Waals surface area contributed by atoms with Gasteiger partial charge < -0.3 is 10.4 Å². The van der Waals surface area contributed by atoms with E-state index in [1.165, 1.54) is 5.56 Å². The molecule has 2 atom stereocenters. The first-order valence-electron chi connectivity index (χ1n) is 6.86. The van der Waals surface area contributed by atoms with Crippen molar-refractivity contribution in [3.05, 3.63) is 70.7 Å². The quantitative estimate of drug-likeness (QED) is 0.852. The van der Waals surface area contributed by atoms with Gasteiger partial charge in [0, 0.05) is 17.1 Å². The van der Waals surface area contributed by atoms with Gasteiger partial charge in [0.15, 0.2) is 0 Å². The Morgan fingerprint density at radius 2 is 1.70 bits per heavy atom. The highest BCUT2D eigenvalue weighted by Gasteiger charge is 2.15. The highest BCUT2D eigenvalue weighted by atomic mass is 35.5. The predicted octanol–water partition coefficient (Wildman–Crippen LogP) is 3.59. The lowest BCUT2D eigenvalue weighted by atomic mass is 10.0. The third-order valence-electron chi connectivity index (χ3n) is 3.40. The van der Waals surface area contributed by atoms with Crippen LogP contribution in [0.15, 0.2) is 54.6 Å². The van der Waals surface area contributed by atoms with Crippen molar-refractivity contribution < 1.29 is 5.11 Å². The third-order valence-corrected chi connectivity index (χ3v) is 3.75. The molecule has 2 aromatic carbocycles. The molecule has 0 aliphatic rings. The van der Waals surface area contributed by atoms with E-state index in [2.05, 4.69) is 24.4 Å². The average Bonchev–Trinajstić information content (AvgIpc) is 2.48. The van der Waals surface area contributed by atoms with E-state index in [1.54, 1.807) is 0 Å². The number of rotatable bonds is 6. The van der Waals surface area contributed by atoms with Crippen molar-refractivity contribution in [1.29, 1.82) is 0 Å². The van der Waals surface area contributed by atoms with Gasteiger partial charge in [-0.1, -0.05) is 60.1 Å². The van der Waals surface area contributed by atoms with Crippen molar-refractivity contribution in [1.82, 2.24) is 5.32 Å². The topological polar surface area (TPSA) is 32.3 Å². The molecule has 2 aromatic rings. The van der Waals surface area contributed by atoms with Crippen molar-refractivity contribution in [2.75, 3.05) is 6.61 Å². The maximum Gasteiger partial charge on any atom is 0.0588 e. The van der Waals surface area contributed by atoms with E-state index in [0.29, 0.717) is 0 Å². The van der Waals surface area contributed by atoms with Crippen molar-refractivity contribution in [3.63, 3.8) is 0 Å². The third kappa shape index (κ3) is 4.07. The number of aliphatic hydroxyl groups is 1. The Hall–Kier alpha value is -1.35. The van der Waals surface area contributed by atoms with Gasteiger partial charge in [-0.3, -0.25) is 0 Å². The molecule has 2 nitrogen and oxygen atoms in total. The molecule has 0 aromatic heterocycles. The zero-order valence-corrected chi connectivity index (χ0v) is 12.3. The molecular weight excluding hydrogens is 270 g/mol. The van der Waals surface area contributed by atoms with Crippen LogP contribution in [0.4, 0.5) is 0 Å². The zero-order chi connectivity index (χ0) is 14.4. The minimum absolute atomic E-state index is 0.0173. The fraction of sp³-hybridized carbons (Fsp3) is 0.294. The first-order chi connectivity index (χ1) is 9.70. The fourth-order valence-electron chi connectivity index (χ4n) is 2.34. The molecule has 106 valence electrons. The fourth-order valence-corrected chi connectivity index (χ4v) is 2.64. The molecule has 1 unspecified atom stereocenters. The number of halogens is 1. The van der Waals surface area contributed by atoms with Crippen molar-refractivity contribution in [3.8, 4) is 0 Å². The molecule has 3 heteroatoms. The second kappa shape index (κ2) is 7.44. The maximum absolute atomic E-state index is 9.56. The first-order valence-corrected chi connectivity index (χ1v) is 7.23. The Labute approximate surface area is 125 Å². The van der Waals surface area contributed by atoms with Crippen LogP contribution in [-0.2, 0) is 6.42 Å². The number of aliphatic hydroxyl groups excluding tert-OH is 1. The molecule has 0 aliphatic carbocycles. The van der Waals surface area contributed by atoms with E-state index >= 15 is 0 Å². The largest absolute Gasteiger partial charge is 0.395 e. The van der Waals surface area contributed by atoms with Crippen LogP contribution in [0.1, 0.15) is 24.1 Å². The van der Waals surface area contributed by atoms with Gasteiger partial charge in [-0.2, -0.15) is 0 Å². The summed E-state index contributed by atoms with van der Waals surface area (Å²) in [6.07, 6.45) is 0.798. The van der Waals surface area contributed by atoms with Gasteiger partial charge in [-0.25, -0.2) is 0 Å². The first kappa shape index (κ1) is 15.0. The van der Waals surface area contributed by atoms with Crippen LogP contribution in [0.2, 0.25) is 5.02 Å². The molecule has 0 saturated carbocycles. The van der Waals surface area contributed by atoms with E-state index in [4.69, 9.17) is 11.6 Å². The van der Waals surface area contributed by atoms with Crippen LogP contribution in [0.25, 0.3) is 0 Å². The molecule has 0 heterocycles. The Kier molecular flexibility index (Phi) is 5.60. The van der Waals surface area contributed by atoms with E-state index in [0.717, 1.165) is 17.0 Å². The van der Waals surface area contributed by atoms with Crippen LogP contribution < -0.4 is 5.32 Å². The van der Waals surface area contributed by atoms with Gasteiger partial charge in [0.2, 0.25) is 0 Å². The molecule has 0 aliphatic heterocycles.